The van der Waals surface area contributed by atoms with Gasteiger partial charge in [0.1, 0.15) is 0 Å². The Kier molecular flexibility index (Phi) is 30.8. The van der Waals surface area contributed by atoms with E-state index in [1.165, 1.54) is 141 Å². The Morgan fingerprint density at radius 2 is 0.412 bits per heavy atom. The summed E-state index contributed by atoms with van der Waals surface area (Å²) in [5, 5.41) is 0. The lowest BCUT2D eigenvalue weighted by Crippen LogP contribution is -1.98. The minimum Gasteiger partial charge on any atom is -0.107 e. The van der Waals surface area contributed by atoms with Gasteiger partial charge in [0.2, 0.25) is 0 Å². The molecule has 0 amide bonds. The SMILES string of the molecule is CCCCCCP(CCCCCC)CCCCCCCCP(CCCCCC)CCCCCC. The van der Waals surface area contributed by atoms with Gasteiger partial charge in [-0.3, -0.25) is 0 Å². The van der Waals surface area contributed by atoms with Crippen LogP contribution in [0.3, 0.4) is 0 Å². The van der Waals surface area contributed by atoms with E-state index in [-0.39, 0.29) is 0 Å². The summed E-state index contributed by atoms with van der Waals surface area (Å²) in [6, 6.07) is 0. The number of rotatable bonds is 29. The first-order valence-corrected chi connectivity index (χ1v) is 20.0. The highest BCUT2D eigenvalue weighted by Crippen LogP contribution is 2.40. The summed E-state index contributed by atoms with van der Waals surface area (Å²) < 4.78 is 0. The molecule has 0 nitrogen and oxygen atoms in total. The predicted molar refractivity (Wildman–Crippen MR) is 167 cm³/mol. The predicted octanol–water partition coefficient (Wildman–Crippen LogP) is 12.6. The summed E-state index contributed by atoms with van der Waals surface area (Å²) in [5.74, 6) is 0. The zero-order valence-corrected chi connectivity index (χ0v) is 26.5. The van der Waals surface area contributed by atoms with Gasteiger partial charge in [-0.1, -0.05) is 130 Å². The largest absolute Gasteiger partial charge is 0.107 e. The molecule has 0 N–H and O–H groups in total. The Hall–Kier alpha value is 0.860. The monoisotopic (exact) mass is 514 g/mol. The van der Waals surface area contributed by atoms with Crippen molar-refractivity contribution in [2.24, 2.45) is 0 Å². The third kappa shape index (κ3) is 25.9. The number of unbranched alkanes of at least 4 members (excludes halogenated alkanes) is 17. The van der Waals surface area contributed by atoms with E-state index in [0.29, 0.717) is 15.8 Å². The molecule has 0 aliphatic rings. The van der Waals surface area contributed by atoms with Gasteiger partial charge < -0.3 is 0 Å². The minimum absolute atomic E-state index is 0.354. The Bertz CT molecular complexity index is 299. The molecule has 0 aromatic rings. The summed E-state index contributed by atoms with van der Waals surface area (Å²) in [7, 11) is 0.709. The van der Waals surface area contributed by atoms with Crippen LogP contribution in [0.5, 0.6) is 0 Å². The highest BCUT2D eigenvalue weighted by atomic mass is 31.1. The first-order valence-electron chi connectivity index (χ1n) is 16.2. The van der Waals surface area contributed by atoms with Gasteiger partial charge in [-0.05, 0) is 75.5 Å². The lowest BCUT2D eigenvalue weighted by molar-refractivity contribution is 0.625. The van der Waals surface area contributed by atoms with Gasteiger partial charge >= 0.3 is 0 Å². The fraction of sp³-hybridized carbons (Fsp3) is 1.00. The Morgan fingerprint density at radius 3 is 0.618 bits per heavy atom. The maximum Gasteiger partial charge on any atom is -0.0326 e. The standard InChI is InChI=1S/C32H68P2/c1-5-9-13-21-27-33(28-22-14-10-6-2)31-25-19-17-18-20-26-32-34(29-23-15-11-7-3)30-24-16-12-8-4/h5-32H2,1-4H3. The molecular weight excluding hydrogens is 446 g/mol. The van der Waals surface area contributed by atoms with Gasteiger partial charge in [0.05, 0.1) is 0 Å². The Balaban J connectivity index is 3.92. The fourth-order valence-electron chi connectivity index (χ4n) is 5.10. The second kappa shape index (κ2) is 30.1. The molecule has 0 atom stereocenters. The van der Waals surface area contributed by atoms with E-state index in [4.69, 9.17) is 0 Å². The van der Waals surface area contributed by atoms with Crippen LogP contribution in [0.15, 0.2) is 0 Å². The van der Waals surface area contributed by atoms with E-state index in [2.05, 4.69) is 27.7 Å². The van der Waals surface area contributed by atoms with Crippen LogP contribution in [-0.2, 0) is 0 Å². The Labute approximate surface area is 221 Å². The summed E-state index contributed by atoms with van der Waals surface area (Å²) in [6.45, 7) is 9.37. The third-order valence-electron chi connectivity index (χ3n) is 7.51. The molecule has 0 aromatic heterocycles. The second-order valence-corrected chi connectivity index (χ2v) is 16.4. The van der Waals surface area contributed by atoms with Crippen molar-refractivity contribution in [3.05, 3.63) is 0 Å². The maximum atomic E-state index is 2.34. The summed E-state index contributed by atoms with van der Waals surface area (Å²) >= 11 is 0. The van der Waals surface area contributed by atoms with Crippen molar-refractivity contribution in [3.8, 4) is 0 Å². The van der Waals surface area contributed by atoms with Crippen LogP contribution in [-0.4, -0.2) is 37.0 Å². The van der Waals surface area contributed by atoms with Crippen molar-refractivity contribution in [2.75, 3.05) is 37.0 Å². The van der Waals surface area contributed by atoms with Crippen LogP contribution in [0.1, 0.15) is 169 Å². The number of hydrogen-bond donors (Lipinski definition) is 0. The van der Waals surface area contributed by atoms with E-state index in [1.807, 2.05) is 0 Å². The average Bonchev–Trinajstić information content (AvgIpc) is 2.85. The molecule has 0 rings (SSSR count). The van der Waals surface area contributed by atoms with Crippen molar-refractivity contribution < 1.29 is 0 Å². The zero-order chi connectivity index (χ0) is 25.0. The molecule has 0 aliphatic carbocycles. The van der Waals surface area contributed by atoms with Crippen molar-refractivity contribution in [2.45, 2.75) is 169 Å². The van der Waals surface area contributed by atoms with Gasteiger partial charge in [-0.15, -0.1) is 15.8 Å². The minimum atomic E-state index is 0.354. The van der Waals surface area contributed by atoms with Gasteiger partial charge in [-0.25, -0.2) is 0 Å². The molecule has 2 heteroatoms. The molecule has 206 valence electrons. The molecule has 0 unspecified atom stereocenters. The zero-order valence-electron chi connectivity index (χ0n) is 24.7. The lowest BCUT2D eigenvalue weighted by atomic mass is 10.1. The van der Waals surface area contributed by atoms with Crippen LogP contribution >= 0.6 is 15.8 Å². The van der Waals surface area contributed by atoms with Gasteiger partial charge in [0.25, 0.3) is 0 Å². The van der Waals surface area contributed by atoms with E-state index in [9.17, 15) is 0 Å². The molecule has 0 radical (unpaired) electrons. The van der Waals surface area contributed by atoms with E-state index >= 15 is 0 Å². The average molecular weight is 515 g/mol. The number of hydrogen-bond acceptors (Lipinski definition) is 0. The van der Waals surface area contributed by atoms with Crippen LogP contribution in [0.2, 0.25) is 0 Å². The molecule has 0 heterocycles. The first kappa shape index (κ1) is 34.9. The third-order valence-corrected chi connectivity index (χ3v) is 13.2. The molecule has 0 fully saturated rings. The van der Waals surface area contributed by atoms with Crippen LogP contribution in [0.4, 0.5) is 0 Å². The van der Waals surface area contributed by atoms with Crippen LogP contribution in [0, 0.1) is 0 Å². The Morgan fingerprint density at radius 1 is 0.235 bits per heavy atom. The highest BCUT2D eigenvalue weighted by Gasteiger charge is 2.09. The van der Waals surface area contributed by atoms with Gasteiger partial charge in [0, 0.05) is 0 Å². The van der Waals surface area contributed by atoms with Crippen molar-refractivity contribution in [1.29, 1.82) is 0 Å². The molecule has 0 aromatic carbocycles. The van der Waals surface area contributed by atoms with Gasteiger partial charge in [0.15, 0.2) is 0 Å². The van der Waals surface area contributed by atoms with E-state index in [0.717, 1.165) is 0 Å². The molecule has 0 spiro atoms. The lowest BCUT2D eigenvalue weighted by Gasteiger charge is -2.18. The van der Waals surface area contributed by atoms with Crippen LogP contribution < -0.4 is 0 Å². The van der Waals surface area contributed by atoms with Crippen molar-refractivity contribution in [3.63, 3.8) is 0 Å². The highest BCUT2D eigenvalue weighted by molar-refractivity contribution is 7.57. The molecule has 0 bridgehead atoms. The van der Waals surface area contributed by atoms with Crippen molar-refractivity contribution >= 4 is 15.8 Å². The molecule has 0 saturated heterocycles. The maximum absolute atomic E-state index is 2.34. The van der Waals surface area contributed by atoms with Gasteiger partial charge in [-0.2, -0.15) is 0 Å². The smallest absolute Gasteiger partial charge is 0.0326 e. The van der Waals surface area contributed by atoms with Crippen LogP contribution in [0.25, 0.3) is 0 Å². The molecule has 0 aliphatic heterocycles. The molecule has 34 heavy (non-hydrogen) atoms. The van der Waals surface area contributed by atoms with E-state index < -0.39 is 0 Å². The first-order chi connectivity index (χ1) is 16.8. The summed E-state index contributed by atoms with van der Waals surface area (Å²) in [5.41, 5.74) is 0. The topological polar surface area (TPSA) is 0 Å². The van der Waals surface area contributed by atoms with Crippen molar-refractivity contribution in [1.82, 2.24) is 0 Å². The molecule has 0 saturated carbocycles. The second-order valence-electron chi connectivity index (χ2n) is 11.0. The fourth-order valence-corrected chi connectivity index (χ4v) is 10.5. The normalized spacial score (nSPS) is 11.8. The van der Waals surface area contributed by atoms with E-state index in [1.54, 1.807) is 37.0 Å². The summed E-state index contributed by atoms with van der Waals surface area (Å²) in [4.78, 5) is 0. The summed E-state index contributed by atoms with van der Waals surface area (Å²) in [6.07, 6.45) is 42.1. The molecular formula is C32H68P2. The quantitative estimate of drug-likeness (QED) is 0.0687.